The second kappa shape index (κ2) is 7.73. The summed E-state index contributed by atoms with van der Waals surface area (Å²) in [6, 6.07) is 7.91. The summed E-state index contributed by atoms with van der Waals surface area (Å²) in [6.45, 7) is 10.2. The van der Waals surface area contributed by atoms with Gasteiger partial charge in [0.1, 0.15) is 12.4 Å². The average Bonchev–Trinajstić information content (AvgIpc) is 3.16. The lowest BCUT2D eigenvalue weighted by Gasteiger charge is -2.37. The van der Waals surface area contributed by atoms with Crippen LogP contribution in [0, 0.1) is 20.8 Å². The van der Waals surface area contributed by atoms with Gasteiger partial charge in [0.25, 0.3) is 5.91 Å². The van der Waals surface area contributed by atoms with E-state index in [0.29, 0.717) is 37.6 Å². The fourth-order valence-electron chi connectivity index (χ4n) is 3.89. The Labute approximate surface area is 170 Å². The summed E-state index contributed by atoms with van der Waals surface area (Å²) in [7, 11) is 0. The van der Waals surface area contributed by atoms with Crippen molar-refractivity contribution in [3.8, 4) is 0 Å². The fraction of sp³-hybridized carbons (Fsp3) is 0.409. The molecule has 0 N–H and O–H groups in total. The van der Waals surface area contributed by atoms with E-state index in [0.717, 1.165) is 13.1 Å². The molecule has 4 rings (SSSR count). The van der Waals surface area contributed by atoms with Crippen molar-refractivity contribution in [2.45, 2.75) is 20.8 Å². The zero-order chi connectivity index (χ0) is 20.5. The predicted octanol–water partition coefficient (Wildman–Crippen LogP) is 2.93. The molecule has 2 aliphatic heterocycles. The maximum atomic E-state index is 12.9. The number of nitrogens with zero attached hydrogens (tertiary/aromatic N) is 4. The van der Waals surface area contributed by atoms with E-state index < -0.39 is 6.09 Å². The largest absolute Gasteiger partial charge is 0.447 e. The van der Waals surface area contributed by atoms with Gasteiger partial charge < -0.3 is 14.5 Å². The van der Waals surface area contributed by atoms with Crippen molar-refractivity contribution in [3.63, 3.8) is 0 Å². The normalized spacial score (nSPS) is 16.9. The molecule has 0 unspecified atom stereocenters. The summed E-state index contributed by atoms with van der Waals surface area (Å²) < 4.78 is 4.93. The third kappa shape index (κ3) is 3.77. The molecule has 1 aromatic heterocycles. The van der Waals surface area contributed by atoms with E-state index in [4.69, 9.17) is 4.74 Å². The van der Waals surface area contributed by atoms with Gasteiger partial charge in [-0.1, -0.05) is 6.07 Å². The van der Waals surface area contributed by atoms with Gasteiger partial charge in [0, 0.05) is 38.1 Å². The molecule has 0 aliphatic carbocycles. The van der Waals surface area contributed by atoms with Crippen LogP contribution in [0.25, 0.3) is 0 Å². The van der Waals surface area contributed by atoms with Gasteiger partial charge in [0.2, 0.25) is 0 Å². The van der Waals surface area contributed by atoms with E-state index in [-0.39, 0.29) is 5.91 Å². The number of hydrogen-bond acceptors (Lipinski definition) is 5. The van der Waals surface area contributed by atoms with Crippen LogP contribution >= 0.6 is 0 Å². The fourth-order valence-corrected chi connectivity index (χ4v) is 3.89. The topological polar surface area (TPSA) is 66.0 Å². The molecule has 1 aromatic carbocycles. The summed E-state index contributed by atoms with van der Waals surface area (Å²) in [6.07, 6.45) is 1.15. The molecule has 0 saturated carbocycles. The molecule has 2 aliphatic rings. The van der Waals surface area contributed by atoms with Gasteiger partial charge in [-0.2, -0.15) is 0 Å². The first kappa shape index (κ1) is 19.2. The molecule has 2 aromatic rings. The van der Waals surface area contributed by atoms with Crippen LogP contribution in [0.2, 0.25) is 0 Å². The highest BCUT2D eigenvalue weighted by Gasteiger charge is 2.26. The van der Waals surface area contributed by atoms with Crippen molar-refractivity contribution in [1.82, 2.24) is 9.88 Å². The molecule has 7 heteroatoms. The Kier molecular flexibility index (Phi) is 5.13. The minimum Gasteiger partial charge on any atom is -0.447 e. The molecule has 0 atom stereocenters. The Morgan fingerprint density at radius 1 is 0.966 bits per heavy atom. The number of benzene rings is 1. The van der Waals surface area contributed by atoms with E-state index in [9.17, 15) is 9.59 Å². The molecule has 0 radical (unpaired) electrons. The Balaban J connectivity index is 1.40. The Morgan fingerprint density at radius 3 is 2.31 bits per heavy atom. The number of cyclic esters (lactones) is 1. The first-order valence-corrected chi connectivity index (χ1v) is 9.96. The second-order valence-electron chi connectivity index (χ2n) is 7.67. The Hall–Kier alpha value is -3.09. The van der Waals surface area contributed by atoms with Crippen LogP contribution in [0.4, 0.5) is 16.3 Å². The number of carbonyl (C=O) groups is 2. The number of piperazine rings is 1. The lowest BCUT2D eigenvalue weighted by Crippen LogP contribution is -2.49. The van der Waals surface area contributed by atoms with Gasteiger partial charge in [-0.05, 0) is 55.7 Å². The third-order valence-electron chi connectivity index (χ3n) is 5.75. The highest BCUT2D eigenvalue weighted by Crippen LogP contribution is 2.25. The number of anilines is 2. The Bertz CT molecular complexity index is 934. The number of pyridine rings is 1. The average molecular weight is 394 g/mol. The van der Waals surface area contributed by atoms with Gasteiger partial charge in [-0.25, -0.2) is 9.78 Å². The molecule has 0 spiro atoms. The van der Waals surface area contributed by atoms with Crippen molar-refractivity contribution in [2.75, 3.05) is 49.1 Å². The first-order valence-electron chi connectivity index (χ1n) is 9.96. The molecule has 152 valence electrons. The van der Waals surface area contributed by atoms with Gasteiger partial charge in [-0.15, -0.1) is 0 Å². The summed E-state index contributed by atoms with van der Waals surface area (Å²) in [5, 5.41) is 0. The maximum Gasteiger partial charge on any atom is 0.415 e. The van der Waals surface area contributed by atoms with Crippen molar-refractivity contribution < 1.29 is 14.3 Å². The number of carbonyl (C=O) groups excluding carboxylic acids is 2. The van der Waals surface area contributed by atoms with Gasteiger partial charge >= 0.3 is 6.09 Å². The van der Waals surface area contributed by atoms with Crippen LogP contribution in [0.3, 0.4) is 0 Å². The van der Waals surface area contributed by atoms with Crippen LogP contribution in [0.15, 0.2) is 30.5 Å². The lowest BCUT2D eigenvalue weighted by molar-refractivity contribution is 0.0746. The van der Waals surface area contributed by atoms with Crippen LogP contribution in [0.1, 0.15) is 27.0 Å². The number of amides is 2. The molecular weight excluding hydrogens is 368 g/mol. The molecule has 3 heterocycles. The van der Waals surface area contributed by atoms with Gasteiger partial charge in [0.15, 0.2) is 0 Å². The molecule has 2 fully saturated rings. The van der Waals surface area contributed by atoms with Gasteiger partial charge in [-0.3, -0.25) is 9.69 Å². The standard InChI is InChI=1S/C22H26N4O3/c1-15-12-17(3)19(13-16(15)2)24-6-8-25(9-7-24)21(27)18-4-5-20(23-14-18)26-10-11-29-22(26)28/h4-5,12-14H,6-11H2,1-3H3. The number of hydrogen-bond donors (Lipinski definition) is 0. The molecule has 29 heavy (non-hydrogen) atoms. The monoisotopic (exact) mass is 394 g/mol. The van der Waals surface area contributed by atoms with E-state index in [1.54, 1.807) is 18.3 Å². The molecule has 0 bridgehead atoms. The lowest BCUT2D eigenvalue weighted by atomic mass is 10.0. The summed E-state index contributed by atoms with van der Waals surface area (Å²) in [5.74, 6) is 0.489. The predicted molar refractivity (Wildman–Crippen MR) is 112 cm³/mol. The third-order valence-corrected chi connectivity index (χ3v) is 5.75. The van der Waals surface area contributed by atoms with Crippen LogP contribution in [0.5, 0.6) is 0 Å². The molecule has 2 saturated heterocycles. The number of ether oxygens (including phenoxy) is 1. The summed E-state index contributed by atoms with van der Waals surface area (Å²) >= 11 is 0. The zero-order valence-electron chi connectivity index (χ0n) is 17.1. The number of aromatic nitrogens is 1. The zero-order valence-corrected chi connectivity index (χ0v) is 17.1. The van der Waals surface area contributed by atoms with Crippen molar-refractivity contribution in [1.29, 1.82) is 0 Å². The quantitative estimate of drug-likeness (QED) is 0.801. The second-order valence-corrected chi connectivity index (χ2v) is 7.67. The van der Waals surface area contributed by atoms with E-state index in [2.05, 4.69) is 42.8 Å². The maximum absolute atomic E-state index is 12.9. The molecule has 7 nitrogen and oxygen atoms in total. The molecule has 2 amide bonds. The number of aryl methyl sites for hydroxylation is 3. The highest BCUT2D eigenvalue weighted by molar-refractivity contribution is 5.95. The van der Waals surface area contributed by atoms with Gasteiger partial charge in [0.05, 0.1) is 12.1 Å². The SMILES string of the molecule is Cc1cc(C)c(N2CCN(C(=O)c3ccc(N4CCOC4=O)nc3)CC2)cc1C. The van der Waals surface area contributed by atoms with E-state index in [1.807, 2.05) is 4.90 Å². The van der Waals surface area contributed by atoms with Crippen LogP contribution in [-0.4, -0.2) is 61.2 Å². The summed E-state index contributed by atoms with van der Waals surface area (Å²) in [5.41, 5.74) is 5.66. The minimum atomic E-state index is -0.394. The Morgan fingerprint density at radius 2 is 1.69 bits per heavy atom. The van der Waals surface area contributed by atoms with Crippen LogP contribution < -0.4 is 9.80 Å². The minimum absolute atomic E-state index is 0.0236. The van der Waals surface area contributed by atoms with E-state index >= 15 is 0 Å². The van der Waals surface area contributed by atoms with Crippen molar-refractivity contribution >= 4 is 23.5 Å². The number of rotatable bonds is 3. The van der Waals surface area contributed by atoms with Crippen molar-refractivity contribution in [3.05, 3.63) is 52.7 Å². The first-order chi connectivity index (χ1) is 13.9. The van der Waals surface area contributed by atoms with E-state index in [1.165, 1.54) is 27.3 Å². The highest BCUT2D eigenvalue weighted by atomic mass is 16.6. The van der Waals surface area contributed by atoms with Crippen LogP contribution in [-0.2, 0) is 4.74 Å². The van der Waals surface area contributed by atoms with Crippen molar-refractivity contribution in [2.24, 2.45) is 0 Å². The molecular formula is C22H26N4O3. The summed E-state index contributed by atoms with van der Waals surface area (Å²) in [4.78, 5) is 34.5. The smallest absolute Gasteiger partial charge is 0.415 e.